The molecular formula is C22H17Cl2N3O. The molecule has 0 unspecified atom stereocenters. The summed E-state index contributed by atoms with van der Waals surface area (Å²) in [6.07, 6.45) is 1.87. The molecule has 4 nitrogen and oxygen atoms in total. The predicted molar refractivity (Wildman–Crippen MR) is 115 cm³/mol. The number of nitrogens with zero attached hydrogens (tertiary/aromatic N) is 2. The van der Waals surface area contributed by atoms with Crippen LogP contribution in [0.4, 0.5) is 5.82 Å². The highest BCUT2D eigenvalue weighted by Crippen LogP contribution is 2.31. The van der Waals surface area contributed by atoms with Gasteiger partial charge in [0.2, 0.25) is 0 Å². The van der Waals surface area contributed by atoms with Gasteiger partial charge in [-0.1, -0.05) is 46.5 Å². The van der Waals surface area contributed by atoms with Gasteiger partial charge in [-0.2, -0.15) is 0 Å². The second kappa shape index (κ2) is 7.30. The summed E-state index contributed by atoms with van der Waals surface area (Å²) in [7, 11) is 0. The molecule has 0 spiro atoms. The van der Waals surface area contributed by atoms with Gasteiger partial charge in [-0.3, -0.25) is 9.20 Å². The summed E-state index contributed by atoms with van der Waals surface area (Å²) >= 11 is 12.1. The molecule has 6 heteroatoms. The zero-order valence-corrected chi connectivity index (χ0v) is 16.8. The highest BCUT2D eigenvalue weighted by atomic mass is 35.5. The Balaban J connectivity index is 1.84. The van der Waals surface area contributed by atoms with Crippen LogP contribution in [-0.4, -0.2) is 15.3 Å². The van der Waals surface area contributed by atoms with E-state index in [1.165, 1.54) is 0 Å². The molecule has 2 aromatic carbocycles. The maximum atomic E-state index is 12.9. The number of pyridine rings is 1. The number of aromatic nitrogens is 2. The predicted octanol–water partition coefficient (Wildman–Crippen LogP) is 6.18. The molecule has 1 N–H and O–H groups in total. The molecule has 28 heavy (non-hydrogen) atoms. The number of aryl methyl sites for hydroxylation is 2. The normalized spacial score (nSPS) is 11.0. The molecule has 4 rings (SSSR count). The Kier molecular flexibility index (Phi) is 4.84. The first-order chi connectivity index (χ1) is 13.4. The highest BCUT2D eigenvalue weighted by Gasteiger charge is 2.18. The van der Waals surface area contributed by atoms with Crippen molar-refractivity contribution in [2.24, 2.45) is 0 Å². The molecule has 0 saturated heterocycles. The lowest BCUT2D eigenvalue weighted by Crippen LogP contribution is -2.14. The molecule has 0 atom stereocenters. The summed E-state index contributed by atoms with van der Waals surface area (Å²) < 4.78 is 1.86. The van der Waals surface area contributed by atoms with Gasteiger partial charge in [0, 0.05) is 27.4 Å². The number of anilines is 1. The Morgan fingerprint density at radius 3 is 2.32 bits per heavy atom. The van der Waals surface area contributed by atoms with Gasteiger partial charge in [-0.05, 0) is 56.3 Å². The maximum Gasteiger partial charge on any atom is 0.256 e. The zero-order valence-electron chi connectivity index (χ0n) is 15.3. The number of carbonyl (C=O) groups is 1. The number of amides is 1. The molecule has 0 aliphatic carbocycles. The molecule has 0 aliphatic heterocycles. The van der Waals surface area contributed by atoms with Crippen molar-refractivity contribution in [1.82, 2.24) is 9.38 Å². The van der Waals surface area contributed by atoms with E-state index in [1.54, 1.807) is 18.2 Å². The molecule has 0 aliphatic rings. The summed E-state index contributed by atoms with van der Waals surface area (Å²) in [5.74, 6) is 0.294. The van der Waals surface area contributed by atoms with Crippen LogP contribution in [0.2, 0.25) is 10.0 Å². The van der Waals surface area contributed by atoms with Crippen LogP contribution in [0, 0.1) is 13.8 Å². The molecule has 140 valence electrons. The topological polar surface area (TPSA) is 46.4 Å². The third-order valence-corrected chi connectivity index (χ3v) is 4.82. The summed E-state index contributed by atoms with van der Waals surface area (Å²) in [4.78, 5) is 17.7. The van der Waals surface area contributed by atoms with Gasteiger partial charge in [-0.15, -0.1) is 0 Å². The van der Waals surface area contributed by atoms with E-state index in [1.807, 2.05) is 42.6 Å². The van der Waals surface area contributed by atoms with Crippen LogP contribution in [0.1, 0.15) is 21.5 Å². The lowest BCUT2D eigenvalue weighted by molar-refractivity contribution is 0.102. The van der Waals surface area contributed by atoms with Gasteiger partial charge in [0.05, 0.1) is 0 Å². The Labute approximate surface area is 172 Å². The number of nitrogens with one attached hydrogen (secondary N) is 1. The lowest BCUT2D eigenvalue weighted by atomic mass is 10.0. The van der Waals surface area contributed by atoms with Gasteiger partial charge in [0.15, 0.2) is 0 Å². The number of hydrogen-bond donors (Lipinski definition) is 1. The first kappa shape index (κ1) is 18.5. The summed E-state index contributed by atoms with van der Waals surface area (Å²) in [6.45, 7) is 4.08. The van der Waals surface area contributed by atoms with Crippen molar-refractivity contribution in [3.8, 4) is 11.3 Å². The number of benzene rings is 2. The summed E-state index contributed by atoms with van der Waals surface area (Å²) in [6, 6.07) is 16.7. The Bertz CT molecular complexity index is 1170. The number of hydrogen-bond acceptors (Lipinski definition) is 2. The van der Waals surface area contributed by atoms with Crippen molar-refractivity contribution >= 4 is 40.6 Å². The van der Waals surface area contributed by atoms with Crippen molar-refractivity contribution in [3.63, 3.8) is 0 Å². The largest absolute Gasteiger partial charge is 0.306 e. The van der Waals surface area contributed by atoms with Crippen molar-refractivity contribution in [2.75, 3.05) is 5.32 Å². The number of halogens is 2. The molecular weight excluding hydrogens is 393 g/mol. The molecule has 4 aromatic rings. The smallest absolute Gasteiger partial charge is 0.256 e. The minimum atomic E-state index is -0.305. The van der Waals surface area contributed by atoms with Crippen molar-refractivity contribution < 1.29 is 4.79 Å². The van der Waals surface area contributed by atoms with Gasteiger partial charge in [0.1, 0.15) is 17.2 Å². The molecule has 1 amide bonds. The summed E-state index contributed by atoms with van der Waals surface area (Å²) in [5.41, 5.74) is 5.04. The molecule has 0 bridgehead atoms. The van der Waals surface area contributed by atoms with Crippen LogP contribution in [0.3, 0.4) is 0 Å². The highest BCUT2D eigenvalue weighted by molar-refractivity contribution is 6.35. The number of imidazole rings is 1. The fraction of sp³-hybridized carbons (Fsp3) is 0.0909. The van der Waals surface area contributed by atoms with Crippen molar-refractivity contribution in [3.05, 3.63) is 87.5 Å². The monoisotopic (exact) mass is 409 g/mol. The van der Waals surface area contributed by atoms with Crippen LogP contribution in [-0.2, 0) is 0 Å². The SMILES string of the molecule is Cc1cc(C)cc(-c2nc3ccccn3c2NC(=O)c2cc(Cl)cc(Cl)c2)c1. The van der Waals surface area contributed by atoms with Gasteiger partial charge >= 0.3 is 0 Å². The second-order valence-electron chi connectivity index (χ2n) is 6.73. The summed E-state index contributed by atoms with van der Waals surface area (Å²) in [5, 5.41) is 3.80. The standard InChI is InChI=1S/C22H17Cl2N3O/c1-13-7-14(2)9-15(8-13)20-21(27-6-4-3-5-19(27)25-20)26-22(28)16-10-17(23)12-18(24)11-16/h3-12H,1-2H3,(H,26,28). The van der Waals surface area contributed by atoms with Gasteiger partial charge < -0.3 is 5.32 Å². The van der Waals surface area contributed by atoms with E-state index in [9.17, 15) is 4.79 Å². The van der Waals surface area contributed by atoms with Crippen LogP contribution in [0.15, 0.2) is 60.8 Å². The minimum Gasteiger partial charge on any atom is -0.306 e. The van der Waals surface area contributed by atoms with Crippen LogP contribution in [0.25, 0.3) is 16.9 Å². The lowest BCUT2D eigenvalue weighted by Gasteiger charge is -2.10. The fourth-order valence-corrected chi connectivity index (χ4v) is 3.82. The van der Waals surface area contributed by atoms with Gasteiger partial charge in [0.25, 0.3) is 5.91 Å². The van der Waals surface area contributed by atoms with Crippen molar-refractivity contribution in [2.45, 2.75) is 13.8 Å². The first-order valence-electron chi connectivity index (χ1n) is 8.74. The molecule has 2 heterocycles. The first-order valence-corrected chi connectivity index (χ1v) is 9.49. The average molecular weight is 410 g/mol. The molecule has 2 aromatic heterocycles. The van der Waals surface area contributed by atoms with E-state index in [2.05, 4.69) is 23.5 Å². The number of fused-ring (bicyclic) bond motifs is 1. The quantitative estimate of drug-likeness (QED) is 0.439. The molecule has 0 fully saturated rings. The van der Waals surface area contributed by atoms with E-state index < -0.39 is 0 Å². The van der Waals surface area contributed by atoms with Crippen LogP contribution >= 0.6 is 23.2 Å². The van der Waals surface area contributed by atoms with Crippen LogP contribution in [0.5, 0.6) is 0 Å². The molecule has 0 saturated carbocycles. The third-order valence-electron chi connectivity index (χ3n) is 4.38. The minimum absolute atomic E-state index is 0.305. The fourth-order valence-electron chi connectivity index (χ4n) is 3.29. The maximum absolute atomic E-state index is 12.9. The van der Waals surface area contributed by atoms with Gasteiger partial charge in [-0.25, -0.2) is 4.98 Å². The van der Waals surface area contributed by atoms with E-state index in [-0.39, 0.29) is 5.91 Å². The number of carbonyl (C=O) groups excluding carboxylic acids is 1. The Morgan fingerprint density at radius 1 is 0.964 bits per heavy atom. The number of rotatable bonds is 3. The second-order valence-corrected chi connectivity index (χ2v) is 7.60. The average Bonchev–Trinajstić information content (AvgIpc) is 2.99. The third kappa shape index (κ3) is 3.61. The van der Waals surface area contributed by atoms with E-state index >= 15 is 0 Å². The van der Waals surface area contributed by atoms with E-state index in [4.69, 9.17) is 28.2 Å². The Morgan fingerprint density at radius 2 is 1.64 bits per heavy atom. The van der Waals surface area contributed by atoms with E-state index in [0.717, 1.165) is 22.3 Å². The van der Waals surface area contributed by atoms with Crippen molar-refractivity contribution in [1.29, 1.82) is 0 Å². The molecule has 0 radical (unpaired) electrons. The zero-order chi connectivity index (χ0) is 19.8. The van der Waals surface area contributed by atoms with E-state index in [0.29, 0.717) is 27.1 Å². The van der Waals surface area contributed by atoms with Crippen LogP contribution < -0.4 is 5.32 Å². The Hall–Kier alpha value is -2.82.